The van der Waals surface area contributed by atoms with Crippen molar-refractivity contribution in [3.05, 3.63) is 5.82 Å². The Morgan fingerprint density at radius 1 is 1.54 bits per heavy atom. The van der Waals surface area contributed by atoms with E-state index in [1.807, 2.05) is 0 Å². The van der Waals surface area contributed by atoms with E-state index in [9.17, 15) is 0 Å². The van der Waals surface area contributed by atoms with E-state index in [1.54, 1.807) is 7.05 Å². The van der Waals surface area contributed by atoms with Gasteiger partial charge in [0.2, 0.25) is 0 Å². The largest absolute Gasteiger partial charge is 0.174 e. The van der Waals surface area contributed by atoms with Crippen LogP contribution in [-0.4, -0.2) is 25.6 Å². The van der Waals surface area contributed by atoms with Gasteiger partial charge in [0.25, 0.3) is 0 Å². The molecule has 13 heavy (non-hydrogen) atoms. The third-order valence-corrected chi connectivity index (χ3v) is 2.44. The van der Waals surface area contributed by atoms with Crippen molar-refractivity contribution in [1.29, 1.82) is 0 Å². The van der Waals surface area contributed by atoms with Crippen molar-refractivity contribution >= 4 is 11.6 Å². The van der Waals surface area contributed by atoms with Gasteiger partial charge in [0.1, 0.15) is 0 Å². The van der Waals surface area contributed by atoms with Crippen molar-refractivity contribution in [2.45, 2.75) is 38.0 Å². The van der Waals surface area contributed by atoms with E-state index in [4.69, 9.17) is 11.6 Å². The van der Waals surface area contributed by atoms with Gasteiger partial charge in [-0.2, -0.15) is 4.80 Å². The summed E-state index contributed by atoms with van der Waals surface area (Å²) in [6.07, 6.45) is 3.95. The van der Waals surface area contributed by atoms with E-state index < -0.39 is 0 Å². The molecule has 0 spiro atoms. The molecule has 1 rings (SSSR count). The maximum atomic E-state index is 5.98. The number of hydrogen-bond acceptors (Lipinski definition) is 3. The van der Waals surface area contributed by atoms with E-state index in [0.717, 1.165) is 31.5 Å². The maximum Gasteiger partial charge on any atom is 0.174 e. The van der Waals surface area contributed by atoms with Crippen LogP contribution >= 0.6 is 11.6 Å². The standard InChI is InChI=1S/C8H15ClN4/c1-3-7(9)5-4-6-8-10-12-13(2)11-8/h7H,3-6H2,1-2H3. The van der Waals surface area contributed by atoms with Crippen LogP contribution in [0.15, 0.2) is 0 Å². The summed E-state index contributed by atoms with van der Waals surface area (Å²) >= 11 is 5.98. The highest BCUT2D eigenvalue weighted by Gasteiger charge is 2.03. The van der Waals surface area contributed by atoms with E-state index in [2.05, 4.69) is 22.3 Å². The molecule has 1 unspecified atom stereocenters. The summed E-state index contributed by atoms with van der Waals surface area (Å²) in [5.74, 6) is 0.808. The molecular formula is C8H15ClN4. The second-order valence-electron chi connectivity index (χ2n) is 3.09. The average Bonchev–Trinajstić information content (AvgIpc) is 2.51. The van der Waals surface area contributed by atoms with Gasteiger partial charge >= 0.3 is 0 Å². The fourth-order valence-electron chi connectivity index (χ4n) is 1.11. The Hall–Kier alpha value is -0.640. The first-order valence-electron chi connectivity index (χ1n) is 4.59. The summed E-state index contributed by atoms with van der Waals surface area (Å²) in [5.41, 5.74) is 0. The molecule has 0 saturated carbocycles. The smallest absolute Gasteiger partial charge is 0.167 e. The SMILES string of the molecule is CCC(Cl)CCCc1nnn(C)n1. The van der Waals surface area contributed by atoms with Crippen molar-refractivity contribution in [1.82, 2.24) is 20.2 Å². The molecule has 1 aromatic rings. The highest BCUT2D eigenvalue weighted by atomic mass is 35.5. The zero-order chi connectivity index (χ0) is 9.68. The lowest BCUT2D eigenvalue weighted by atomic mass is 10.1. The summed E-state index contributed by atoms with van der Waals surface area (Å²) in [5, 5.41) is 12.0. The van der Waals surface area contributed by atoms with Gasteiger partial charge in [-0.3, -0.25) is 0 Å². The van der Waals surface area contributed by atoms with Crippen molar-refractivity contribution < 1.29 is 0 Å². The molecule has 0 amide bonds. The molecule has 1 aromatic heterocycles. The van der Waals surface area contributed by atoms with Crippen molar-refractivity contribution in [3.63, 3.8) is 0 Å². The number of aryl methyl sites for hydroxylation is 2. The fraction of sp³-hybridized carbons (Fsp3) is 0.875. The number of tetrazole rings is 1. The van der Waals surface area contributed by atoms with Crippen LogP contribution in [0.5, 0.6) is 0 Å². The quantitative estimate of drug-likeness (QED) is 0.681. The van der Waals surface area contributed by atoms with E-state index >= 15 is 0 Å². The molecular weight excluding hydrogens is 188 g/mol. The third kappa shape index (κ3) is 3.72. The van der Waals surface area contributed by atoms with E-state index in [0.29, 0.717) is 0 Å². The normalized spacial score (nSPS) is 13.2. The van der Waals surface area contributed by atoms with Gasteiger partial charge in [-0.05, 0) is 24.5 Å². The summed E-state index contributed by atoms with van der Waals surface area (Å²) < 4.78 is 0. The Balaban J connectivity index is 2.20. The van der Waals surface area contributed by atoms with E-state index in [1.165, 1.54) is 4.80 Å². The minimum Gasteiger partial charge on any atom is -0.167 e. The van der Waals surface area contributed by atoms with Gasteiger partial charge < -0.3 is 0 Å². The lowest BCUT2D eigenvalue weighted by molar-refractivity contribution is 0.622. The second kappa shape index (κ2) is 5.17. The average molecular weight is 203 g/mol. The number of alkyl halides is 1. The van der Waals surface area contributed by atoms with Crippen LogP contribution in [0.1, 0.15) is 32.0 Å². The van der Waals surface area contributed by atoms with Crippen molar-refractivity contribution in [2.24, 2.45) is 7.05 Å². The molecule has 0 bridgehead atoms. The molecule has 5 heteroatoms. The first-order valence-corrected chi connectivity index (χ1v) is 5.03. The Morgan fingerprint density at radius 2 is 2.31 bits per heavy atom. The number of aromatic nitrogens is 4. The predicted molar refractivity (Wildman–Crippen MR) is 51.7 cm³/mol. The Labute approximate surface area is 83.3 Å². The molecule has 4 nitrogen and oxygen atoms in total. The monoisotopic (exact) mass is 202 g/mol. The number of rotatable bonds is 5. The Morgan fingerprint density at radius 3 is 2.85 bits per heavy atom. The summed E-state index contributed by atoms with van der Waals surface area (Å²) in [7, 11) is 1.77. The first kappa shape index (κ1) is 10.4. The molecule has 0 N–H and O–H groups in total. The Kier molecular flexibility index (Phi) is 4.15. The van der Waals surface area contributed by atoms with Gasteiger partial charge in [0, 0.05) is 11.8 Å². The first-order chi connectivity index (χ1) is 6.22. The molecule has 0 fully saturated rings. The zero-order valence-corrected chi connectivity index (χ0v) is 8.83. The highest BCUT2D eigenvalue weighted by molar-refractivity contribution is 6.20. The lowest BCUT2D eigenvalue weighted by Gasteiger charge is -2.02. The lowest BCUT2D eigenvalue weighted by Crippen LogP contribution is -1.98. The van der Waals surface area contributed by atoms with Crippen LogP contribution in [0.4, 0.5) is 0 Å². The van der Waals surface area contributed by atoms with Gasteiger partial charge in [-0.25, -0.2) is 0 Å². The molecule has 0 saturated heterocycles. The van der Waals surface area contributed by atoms with Gasteiger partial charge in [-0.15, -0.1) is 21.8 Å². The number of hydrogen-bond donors (Lipinski definition) is 0. The van der Waals surface area contributed by atoms with Crippen LogP contribution in [-0.2, 0) is 13.5 Å². The van der Waals surface area contributed by atoms with E-state index in [-0.39, 0.29) is 5.38 Å². The van der Waals surface area contributed by atoms with Crippen molar-refractivity contribution in [2.75, 3.05) is 0 Å². The minimum atomic E-state index is 0.289. The molecule has 0 aliphatic rings. The number of halogens is 1. The second-order valence-corrected chi connectivity index (χ2v) is 3.71. The molecule has 0 aromatic carbocycles. The summed E-state index contributed by atoms with van der Waals surface area (Å²) in [6, 6.07) is 0. The van der Waals surface area contributed by atoms with Crippen LogP contribution in [0, 0.1) is 0 Å². The maximum absolute atomic E-state index is 5.98. The zero-order valence-electron chi connectivity index (χ0n) is 8.07. The fourth-order valence-corrected chi connectivity index (χ4v) is 1.26. The Bertz CT molecular complexity index is 248. The molecule has 0 radical (unpaired) electrons. The molecule has 1 atom stereocenters. The predicted octanol–water partition coefficient (Wildman–Crippen LogP) is 1.55. The summed E-state index contributed by atoms with van der Waals surface area (Å²) in [4.78, 5) is 1.48. The summed E-state index contributed by atoms with van der Waals surface area (Å²) in [6.45, 7) is 2.10. The molecule has 0 aliphatic heterocycles. The molecule has 1 heterocycles. The molecule has 74 valence electrons. The minimum absolute atomic E-state index is 0.289. The van der Waals surface area contributed by atoms with Gasteiger partial charge in [0.05, 0.1) is 7.05 Å². The van der Waals surface area contributed by atoms with Gasteiger partial charge in [0.15, 0.2) is 5.82 Å². The van der Waals surface area contributed by atoms with Crippen molar-refractivity contribution in [3.8, 4) is 0 Å². The molecule has 0 aliphatic carbocycles. The highest BCUT2D eigenvalue weighted by Crippen LogP contribution is 2.10. The van der Waals surface area contributed by atoms with Crippen LogP contribution in [0.2, 0.25) is 0 Å². The number of nitrogens with zero attached hydrogens (tertiary/aromatic N) is 4. The van der Waals surface area contributed by atoms with Crippen LogP contribution < -0.4 is 0 Å². The third-order valence-electron chi connectivity index (χ3n) is 1.91. The van der Waals surface area contributed by atoms with Gasteiger partial charge in [-0.1, -0.05) is 6.92 Å². The van der Waals surface area contributed by atoms with Crippen LogP contribution in [0.3, 0.4) is 0 Å². The van der Waals surface area contributed by atoms with Crippen LogP contribution in [0.25, 0.3) is 0 Å². The topological polar surface area (TPSA) is 43.6 Å².